The van der Waals surface area contributed by atoms with Gasteiger partial charge in [-0.15, -0.1) is 0 Å². The number of rotatable bonds is 1. The Hall–Kier alpha value is -0.960. The van der Waals surface area contributed by atoms with Gasteiger partial charge in [-0.1, -0.05) is 0 Å². The zero-order valence-electron chi connectivity index (χ0n) is 6.27. The fourth-order valence-corrected chi connectivity index (χ4v) is 0.901. The van der Waals surface area contributed by atoms with E-state index in [4.69, 9.17) is 0 Å². The van der Waals surface area contributed by atoms with Crippen molar-refractivity contribution in [3.05, 3.63) is 35.4 Å². The number of benzene rings is 1. The first-order valence-corrected chi connectivity index (χ1v) is 3.39. The van der Waals surface area contributed by atoms with E-state index >= 15 is 0 Å². The van der Waals surface area contributed by atoms with Crippen molar-refractivity contribution < 1.29 is 14.5 Å². The van der Waals surface area contributed by atoms with Crippen LogP contribution >= 0.6 is 0 Å². The van der Waals surface area contributed by atoms with Crippen molar-refractivity contribution in [2.75, 3.05) is 0 Å². The summed E-state index contributed by atoms with van der Waals surface area (Å²) >= 11 is 0. The monoisotopic (exact) mass is 158 g/mol. The van der Waals surface area contributed by atoms with Crippen molar-refractivity contribution in [3.63, 3.8) is 0 Å². The van der Waals surface area contributed by atoms with Gasteiger partial charge < -0.3 is 5.73 Å². The van der Waals surface area contributed by atoms with Crippen LogP contribution in [0, 0.1) is 11.6 Å². The maximum atomic E-state index is 12.8. The number of hydrogen-bond donors (Lipinski definition) is 1. The average molecular weight is 158 g/mol. The number of halogens is 2. The summed E-state index contributed by atoms with van der Waals surface area (Å²) in [5.41, 5.74) is 4.09. The van der Waals surface area contributed by atoms with E-state index in [0.29, 0.717) is 5.56 Å². The quantitative estimate of drug-likeness (QED) is 0.637. The molecule has 60 valence electrons. The molecule has 1 atom stereocenters. The van der Waals surface area contributed by atoms with Gasteiger partial charge in [0, 0.05) is 11.6 Å². The molecule has 0 aliphatic heterocycles. The van der Waals surface area contributed by atoms with Crippen LogP contribution in [0.15, 0.2) is 18.2 Å². The summed E-state index contributed by atoms with van der Waals surface area (Å²) in [5, 5.41) is 0. The van der Waals surface area contributed by atoms with E-state index < -0.39 is 11.6 Å². The van der Waals surface area contributed by atoms with Crippen molar-refractivity contribution in [3.8, 4) is 0 Å². The fraction of sp³-hybridized carbons (Fsp3) is 0.250. The Morgan fingerprint density at radius 3 is 2.45 bits per heavy atom. The molecule has 1 aromatic carbocycles. The van der Waals surface area contributed by atoms with Gasteiger partial charge in [-0.3, -0.25) is 0 Å². The Labute approximate surface area is 63.8 Å². The van der Waals surface area contributed by atoms with Crippen LogP contribution in [0.5, 0.6) is 0 Å². The highest BCUT2D eigenvalue weighted by molar-refractivity contribution is 5.19. The van der Waals surface area contributed by atoms with Gasteiger partial charge >= 0.3 is 0 Å². The summed E-state index contributed by atoms with van der Waals surface area (Å²) in [7, 11) is 0. The minimum atomic E-state index is -0.549. The Morgan fingerprint density at radius 2 is 2.00 bits per heavy atom. The molecule has 0 bridgehead atoms. The molecule has 1 nitrogen and oxygen atoms in total. The third-order valence-corrected chi connectivity index (χ3v) is 1.49. The van der Waals surface area contributed by atoms with Crippen molar-refractivity contribution in [2.45, 2.75) is 13.0 Å². The fourth-order valence-electron chi connectivity index (χ4n) is 0.901. The van der Waals surface area contributed by atoms with Gasteiger partial charge in [-0.25, -0.2) is 8.78 Å². The van der Waals surface area contributed by atoms with Crippen molar-refractivity contribution in [2.24, 2.45) is 0 Å². The normalized spacial score (nSPS) is 13.1. The van der Waals surface area contributed by atoms with Gasteiger partial charge in [-0.2, -0.15) is 0 Å². The topological polar surface area (TPSA) is 27.6 Å². The van der Waals surface area contributed by atoms with E-state index in [1.165, 1.54) is 12.1 Å². The molecule has 0 fully saturated rings. The van der Waals surface area contributed by atoms with E-state index in [0.717, 1.165) is 6.07 Å². The highest BCUT2D eigenvalue weighted by Crippen LogP contribution is 2.13. The predicted molar refractivity (Wildman–Crippen MR) is 37.7 cm³/mol. The van der Waals surface area contributed by atoms with Gasteiger partial charge in [0.2, 0.25) is 0 Å². The lowest BCUT2D eigenvalue weighted by Crippen LogP contribution is -2.52. The second kappa shape index (κ2) is 2.96. The molecule has 3 N–H and O–H groups in total. The highest BCUT2D eigenvalue weighted by atomic mass is 19.1. The first kappa shape index (κ1) is 8.14. The summed E-state index contributed by atoms with van der Waals surface area (Å²) in [6, 6.07) is 3.38. The molecule has 0 aliphatic rings. The third-order valence-electron chi connectivity index (χ3n) is 1.49. The molecule has 0 saturated heterocycles. The van der Waals surface area contributed by atoms with Gasteiger partial charge in [0.05, 0.1) is 0 Å². The lowest BCUT2D eigenvalue weighted by Gasteiger charge is -2.02. The second-order valence-electron chi connectivity index (χ2n) is 2.57. The van der Waals surface area contributed by atoms with Gasteiger partial charge in [0.1, 0.15) is 17.7 Å². The molecule has 0 unspecified atom stereocenters. The SMILES string of the molecule is C[C@H]([NH3+])c1ccc(F)cc1F. The number of quaternary nitrogens is 1. The zero-order valence-corrected chi connectivity index (χ0v) is 6.27. The van der Waals surface area contributed by atoms with Crippen LogP contribution in [-0.4, -0.2) is 0 Å². The van der Waals surface area contributed by atoms with Crippen molar-refractivity contribution >= 4 is 0 Å². The molecule has 0 radical (unpaired) electrons. The number of hydrogen-bond acceptors (Lipinski definition) is 0. The van der Waals surface area contributed by atoms with E-state index in [2.05, 4.69) is 5.73 Å². The molecule has 0 aromatic heterocycles. The Bertz CT molecular complexity index is 258. The Kier molecular flexibility index (Phi) is 2.19. The molecule has 1 rings (SSSR count). The Morgan fingerprint density at radius 1 is 1.36 bits per heavy atom. The largest absolute Gasteiger partial charge is 0.352 e. The Balaban J connectivity index is 3.09. The van der Waals surface area contributed by atoms with E-state index in [1.807, 2.05) is 0 Å². The maximum absolute atomic E-state index is 12.8. The molecule has 1 aromatic rings. The van der Waals surface area contributed by atoms with Crippen LogP contribution in [-0.2, 0) is 0 Å². The minimum absolute atomic E-state index is 0.143. The van der Waals surface area contributed by atoms with Crippen molar-refractivity contribution in [1.82, 2.24) is 0 Å². The summed E-state index contributed by atoms with van der Waals surface area (Å²) < 4.78 is 25.2. The zero-order chi connectivity index (χ0) is 8.43. The van der Waals surface area contributed by atoms with Gasteiger partial charge in [0.15, 0.2) is 0 Å². The van der Waals surface area contributed by atoms with Crippen LogP contribution in [0.25, 0.3) is 0 Å². The molecule has 0 amide bonds. The molecule has 0 aliphatic carbocycles. The first-order valence-electron chi connectivity index (χ1n) is 3.39. The van der Waals surface area contributed by atoms with E-state index in [1.54, 1.807) is 6.92 Å². The van der Waals surface area contributed by atoms with Crippen LogP contribution < -0.4 is 5.73 Å². The first-order chi connectivity index (χ1) is 5.11. The lowest BCUT2D eigenvalue weighted by molar-refractivity contribution is -0.420. The third kappa shape index (κ3) is 1.74. The molecule has 3 heteroatoms. The van der Waals surface area contributed by atoms with Crippen LogP contribution in [0.4, 0.5) is 8.78 Å². The van der Waals surface area contributed by atoms with Crippen molar-refractivity contribution in [1.29, 1.82) is 0 Å². The summed E-state index contributed by atoms with van der Waals surface area (Å²) in [5.74, 6) is -1.07. The molecule has 0 heterocycles. The smallest absolute Gasteiger partial charge is 0.135 e. The molecule has 0 spiro atoms. The van der Waals surface area contributed by atoms with Gasteiger partial charge in [-0.05, 0) is 19.1 Å². The van der Waals surface area contributed by atoms with Crippen LogP contribution in [0.2, 0.25) is 0 Å². The molecular weight excluding hydrogens is 148 g/mol. The second-order valence-corrected chi connectivity index (χ2v) is 2.57. The average Bonchev–Trinajstić information content (AvgIpc) is 1.85. The molecule has 11 heavy (non-hydrogen) atoms. The van der Waals surface area contributed by atoms with Crippen LogP contribution in [0.3, 0.4) is 0 Å². The van der Waals surface area contributed by atoms with Crippen LogP contribution in [0.1, 0.15) is 18.5 Å². The summed E-state index contributed by atoms with van der Waals surface area (Å²) in [4.78, 5) is 0. The summed E-state index contributed by atoms with van der Waals surface area (Å²) in [6.07, 6.45) is 0. The predicted octanol–water partition coefficient (Wildman–Crippen LogP) is 1.27. The lowest BCUT2D eigenvalue weighted by atomic mass is 10.1. The summed E-state index contributed by atoms with van der Waals surface area (Å²) in [6.45, 7) is 1.76. The van der Waals surface area contributed by atoms with E-state index in [-0.39, 0.29) is 6.04 Å². The van der Waals surface area contributed by atoms with E-state index in [9.17, 15) is 8.78 Å². The standard InChI is InChI=1S/C8H9F2N/c1-5(11)7-3-2-6(9)4-8(7)10/h2-5H,11H2,1H3/p+1/t5-/m0/s1. The maximum Gasteiger partial charge on any atom is 0.135 e. The highest BCUT2D eigenvalue weighted by Gasteiger charge is 2.09. The molecule has 0 saturated carbocycles. The molecular formula is C8H10F2N+. The minimum Gasteiger partial charge on any atom is -0.352 e. The van der Waals surface area contributed by atoms with Gasteiger partial charge in [0.25, 0.3) is 0 Å².